The summed E-state index contributed by atoms with van der Waals surface area (Å²) in [5, 5.41) is 11.8. The number of aryl methyl sites for hydroxylation is 1. The fourth-order valence-corrected chi connectivity index (χ4v) is 2.53. The molecule has 0 bridgehead atoms. The molecule has 0 saturated carbocycles. The van der Waals surface area contributed by atoms with E-state index in [4.69, 9.17) is 14.3 Å². The maximum absolute atomic E-state index is 12.5. The van der Waals surface area contributed by atoms with Crippen molar-refractivity contribution in [1.29, 1.82) is 0 Å². The van der Waals surface area contributed by atoms with Crippen LogP contribution in [0.25, 0.3) is 0 Å². The number of aliphatic carboxylic acids is 1. The highest BCUT2D eigenvalue weighted by Gasteiger charge is 2.20. The molecule has 0 aliphatic heterocycles. The zero-order valence-corrected chi connectivity index (χ0v) is 14.5. The molecular weight excluding hydrogens is 322 g/mol. The van der Waals surface area contributed by atoms with Crippen LogP contribution in [0.1, 0.15) is 46.2 Å². The number of carboxylic acid groups (broad SMARTS) is 1. The van der Waals surface area contributed by atoms with Crippen molar-refractivity contribution in [3.8, 4) is 0 Å². The highest BCUT2D eigenvalue weighted by Crippen LogP contribution is 2.18. The molecule has 0 aliphatic rings. The summed E-state index contributed by atoms with van der Waals surface area (Å²) >= 11 is 0. The molecule has 2 rings (SSSR count). The highest BCUT2D eigenvalue weighted by atomic mass is 16.5. The van der Waals surface area contributed by atoms with E-state index < -0.39 is 5.97 Å². The lowest BCUT2D eigenvalue weighted by Gasteiger charge is -2.11. The number of amides is 1. The van der Waals surface area contributed by atoms with Crippen LogP contribution < -0.4 is 5.32 Å². The Kier molecular flexibility index (Phi) is 6.77. The Hall–Kier alpha value is -2.60. The third-order valence-corrected chi connectivity index (χ3v) is 3.75. The lowest BCUT2D eigenvalue weighted by atomic mass is 10.1. The number of ether oxygens (including phenoxy) is 1. The van der Waals surface area contributed by atoms with Crippen molar-refractivity contribution in [3.63, 3.8) is 0 Å². The van der Waals surface area contributed by atoms with Gasteiger partial charge in [-0.1, -0.05) is 31.2 Å². The van der Waals surface area contributed by atoms with E-state index in [0.717, 1.165) is 17.5 Å². The van der Waals surface area contributed by atoms with Crippen molar-refractivity contribution in [2.24, 2.45) is 0 Å². The number of nitrogens with one attached hydrogen (secondary N) is 1. The molecule has 0 radical (unpaired) electrons. The predicted molar refractivity (Wildman–Crippen MR) is 92.3 cm³/mol. The molecule has 0 spiro atoms. The minimum Gasteiger partial charge on any atom is -0.481 e. The fraction of sp³-hybridized carbons (Fsp3) is 0.368. The minimum atomic E-state index is -1.04. The number of carboxylic acids is 1. The van der Waals surface area contributed by atoms with Gasteiger partial charge in [0, 0.05) is 18.7 Å². The van der Waals surface area contributed by atoms with E-state index in [1.165, 1.54) is 6.26 Å². The van der Waals surface area contributed by atoms with Gasteiger partial charge in [0.15, 0.2) is 0 Å². The Morgan fingerprint density at radius 1 is 1.24 bits per heavy atom. The fourth-order valence-electron chi connectivity index (χ4n) is 2.53. The van der Waals surface area contributed by atoms with Crippen molar-refractivity contribution in [3.05, 3.63) is 58.5 Å². The Bertz CT molecular complexity index is 735. The molecule has 0 fully saturated rings. The monoisotopic (exact) mass is 345 g/mol. The Morgan fingerprint density at radius 3 is 2.64 bits per heavy atom. The third kappa shape index (κ3) is 5.19. The van der Waals surface area contributed by atoms with E-state index in [9.17, 15) is 9.59 Å². The first-order valence-corrected chi connectivity index (χ1v) is 8.24. The van der Waals surface area contributed by atoms with Crippen molar-refractivity contribution >= 4 is 11.9 Å². The van der Waals surface area contributed by atoms with Gasteiger partial charge in [-0.2, -0.15) is 0 Å². The maximum Gasteiger partial charge on any atom is 0.311 e. The molecule has 0 aliphatic carbocycles. The summed E-state index contributed by atoms with van der Waals surface area (Å²) in [5.41, 5.74) is 2.90. The first-order valence-electron chi connectivity index (χ1n) is 8.24. The molecule has 1 aromatic carbocycles. The van der Waals surface area contributed by atoms with Gasteiger partial charge in [-0.15, -0.1) is 0 Å². The molecule has 6 nitrogen and oxygen atoms in total. The highest BCUT2D eigenvalue weighted by molar-refractivity contribution is 5.97. The Balaban J connectivity index is 2.06. The predicted octanol–water partition coefficient (Wildman–Crippen LogP) is 3.07. The second-order valence-electron chi connectivity index (χ2n) is 5.79. The number of carbonyl (C=O) groups is 2. The van der Waals surface area contributed by atoms with Gasteiger partial charge in [-0.05, 0) is 24.5 Å². The first kappa shape index (κ1) is 18.7. The average molecular weight is 345 g/mol. The summed E-state index contributed by atoms with van der Waals surface area (Å²) in [6.45, 7) is 5.29. The molecule has 0 atom stereocenters. The first-order chi connectivity index (χ1) is 12.0. The van der Waals surface area contributed by atoms with Gasteiger partial charge in [0.25, 0.3) is 5.91 Å². The van der Waals surface area contributed by atoms with Crippen molar-refractivity contribution < 1.29 is 23.8 Å². The van der Waals surface area contributed by atoms with E-state index >= 15 is 0 Å². The summed E-state index contributed by atoms with van der Waals surface area (Å²) in [4.78, 5) is 23.4. The number of furan rings is 1. The van der Waals surface area contributed by atoms with Crippen LogP contribution in [0.5, 0.6) is 0 Å². The summed E-state index contributed by atoms with van der Waals surface area (Å²) in [6, 6.07) is 7.74. The minimum absolute atomic E-state index is 0.169. The summed E-state index contributed by atoms with van der Waals surface area (Å²) in [6.07, 6.45) is 2.03. The number of hydrogen-bond acceptors (Lipinski definition) is 4. The zero-order chi connectivity index (χ0) is 18.2. The van der Waals surface area contributed by atoms with Gasteiger partial charge < -0.3 is 19.6 Å². The van der Waals surface area contributed by atoms with E-state index in [0.29, 0.717) is 30.9 Å². The van der Waals surface area contributed by atoms with E-state index in [-0.39, 0.29) is 18.1 Å². The molecule has 25 heavy (non-hydrogen) atoms. The molecule has 1 heterocycles. The van der Waals surface area contributed by atoms with E-state index in [1.807, 2.05) is 31.2 Å². The van der Waals surface area contributed by atoms with Crippen LogP contribution in [0.15, 0.2) is 34.9 Å². The largest absolute Gasteiger partial charge is 0.481 e. The number of hydrogen-bond donors (Lipinski definition) is 2. The van der Waals surface area contributed by atoms with Crippen LogP contribution in [0.3, 0.4) is 0 Å². The number of rotatable bonds is 9. The topological polar surface area (TPSA) is 88.8 Å². The maximum atomic E-state index is 12.5. The van der Waals surface area contributed by atoms with Gasteiger partial charge in [0.05, 0.1) is 18.4 Å². The van der Waals surface area contributed by atoms with Crippen molar-refractivity contribution in [2.75, 3.05) is 6.61 Å². The van der Waals surface area contributed by atoms with Crippen LogP contribution >= 0.6 is 0 Å². The van der Waals surface area contributed by atoms with Gasteiger partial charge in [0.1, 0.15) is 12.2 Å². The summed E-state index contributed by atoms with van der Waals surface area (Å²) < 4.78 is 10.8. The molecule has 2 N–H and O–H groups in total. The van der Waals surface area contributed by atoms with Crippen LogP contribution in [0.4, 0.5) is 0 Å². The van der Waals surface area contributed by atoms with Crippen LogP contribution in [-0.2, 0) is 29.1 Å². The number of carbonyl (C=O) groups excluding carboxylic acids is 1. The molecule has 134 valence electrons. The normalized spacial score (nSPS) is 10.6. The second-order valence-corrected chi connectivity index (χ2v) is 5.79. The molecule has 1 amide bonds. The average Bonchev–Trinajstić information content (AvgIpc) is 2.93. The second kappa shape index (κ2) is 9.03. The molecular formula is C19H23NO5. The summed E-state index contributed by atoms with van der Waals surface area (Å²) in [7, 11) is 0. The quantitative estimate of drug-likeness (QED) is 0.682. The zero-order valence-electron chi connectivity index (χ0n) is 14.5. The van der Waals surface area contributed by atoms with Gasteiger partial charge in [-0.25, -0.2) is 0 Å². The molecule has 0 unspecified atom stereocenters. The van der Waals surface area contributed by atoms with Gasteiger partial charge >= 0.3 is 5.97 Å². The summed E-state index contributed by atoms with van der Waals surface area (Å²) in [5.74, 6) is -1.21. The molecule has 6 heteroatoms. The standard InChI is InChI=1S/C19H23NO5/c1-3-8-24-12-15-7-5-4-6-14(15)10-20-19(23)18-13(2)11-25-16(18)9-17(21)22/h4-7,11H,3,8-10,12H2,1-2H3,(H,20,23)(H,21,22). The molecule has 1 aromatic heterocycles. The van der Waals surface area contributed by atoms with Crippen LogP contribution in [0, 0.1) is 6.92 Å². The van der Waals surface area contributed by atoms with Gasteiger partial charge in [-0.3, -0.25) is 9.59 Å². The van der Waals surface area contributed by atoms with Crippen molar-refractivity contribution in [1.82, 2.24) is 5.32 Å². The van der Waals surface area contributed by atoms with E-state index in [1.54, 1.807) is 6.92 Å². The Labute approximate surface area is 146 Å². The number of benzene rings is 1. The van der Waals surface area contributed by atoms with E-state index in [2.05, 4.69) is 5.32 Å². The Morgan fingerprint density at radius 2 is 1.96 bits per heavy atom. The lowest BCUT2D eigenvalue weighted by Crippen LogP contribution is -2.25. The van der Waals surface area contributed by atoms with Gasteiger partial charge in [0.2, 0.25) is 0 Å². The van der Waals surface area contributed by atoms with Crippen molar-refractivity contribution in [2.45, 2.75) is 39.8 Å². The van der Waals surface area contributed by atoms with Crippen LogP contribution in [-0.4, -0.2) is 23.6 Å². The molecule has 0 saturated heterocycles. The third-order valence-electron chi connectivity index (χ3n) is 3.75. The smallest absolute Gasteiger partial charge is 0.311 e. The van der Waals surface area contributed by atoms with Crippen LogP contribution in [0.2, 0.25) is 0 Å². The SMILES string of the molecule is CCCOCc1ccccc1CNC(=O)c1c(C)coc1CC(=O)O. The lowest BCUT2D eigenvalue weighted by molar-refractivity contribution is -0.136. The molecule has 2 aromatic rings.